The van der Waals surface area contributed by atoms with Gasteiger partial charge in [0.25, 0.3) is 0 Å². The Morgan fingerprint density at radius 2 is 1.82 bits per heavy atom. The van der Waals surface area contributed by atoms with Gasteiger partial charge in [0.1, 0.15) is 18.1 Å². The molecule has 3 heterocycles. The number of hydrogen-bond acceptors (Lipinski definition) is 5. The fraction of sp³-hybridized carbons (Fsp3) is 0.531. The molecule has 2 aliphatic rings. The Labute approximate surface area is 231 Å². The number of benzene rings is 2. The summed E-state index contributed by atoms with van der Waals surface area (Å²) in [4.78, 5) is 29.0. The van der Waals surface area contributed by atoms with Crippen molar-refractivity contribution in [2.24, 2.45) is 11.3 Å². The molecule has 1 saturated heterocycles. The van der Waals surface area contributed by atoms with Gasteiger partial charge in [0.15, 0.2) is 5.58 Å². The number of amides is 2. The number of aromatic nitrogens is 1. The lowest BCUT2D eigenvalue weighted by molar-refractivity contribution is -0.141. The molecule has 2 aliphatic heterocycles. The van der Waals surface area contributed by atoms with Gasteiger partial charge in [0.05, 0.1) is 17.9 Å². The number of fused-ring (bicyclic) bond motifs is 2. The minimum absolute atomic E-state index is 0.0396. The van der Waals surface area contributed by atoms with Gasteiger partial charge in [-0.05, 0) is 68.2 Å². The van der Waals surface area contributed by atoms with Crippen LogP contribution in [0, 0.1) is 11.3 Å². The first-order chi connectivity index (χ1) is 18.9. The van der Waals surface area contributed by atoms with E-state index in [4.69, 9.17) is 9.26 Å². The second-order valence-corrected chi connectivity index (χ2v) is 11.7. The SMILES string of the molecule is CC(C)C[C@H]1COc2ccccc2CCCCCC2(CCN(C(=O)Cc3noc4ccccc34)CC2)C(=O)N1. The van der Waals surface area contributed by atoms with E-state index >= 15 is 0 Å². The summed E-state index contributed by atoms with van der Waals surface area (Å²) in [6.45, 7) is 5.99. The first kappa shape index (κ1) is 27.2. The van der Waals surface area contributed by atoms with Crippen LogP contribution < -0.4 is 10.1 Å². The molecular formula is C32H41N3O4. The number of para-hydroxylation sites is 2. The molecular weight excluding hydrogens is 490 g/mol. The fourth-order valence-electron chi connectivity index (χ4n) is 6.17. The maximum atomic E-state index is 13.9. The third kappa shape index (κ3) is 6.45. The van der Waals surface area contributed by atoms with Gasteiger partial charge in [-0.1, -0.05) is 62.2 Å². The van der Waals surface area contributed by atoms with Crippen LogP contribution in [-0.4, -0.2) is 47.6 Å². The maximum Gasteiger partial charge on any atom is 0.228 e. The molecule has 1 spiro atoms. The van der Waals surface area contributed by atoms with E-state index in [1.54, 1.807) is 0 Å². The average Bonchev–Trinajstić information content (AvgIpc) is 3.34. The van der Waals surface area contributed by atoms with Gasteiger partial charge in [-0.3, -0.25) is 9.59 Å². The van der Waals surface area contributed by atoms with Crippen LogP contribution in [0.15, 0.2) is 53.1 Å². The summed E-state index contributed by atoms with van der Waals surface area (Å²) in [6, 6.07) is 15.9. The van der Waals surface area contributed by atoms with E-state index in [1.807, 2.05) is 41.3 Å². The highest BCUT2D eigenvalue weighted by molar-refractivity contribution is 5.87. The topological polar surface area (TPSA) is 84.7 Å². The number of ether oxygens (including phenoxy) is 1. The van der Waals surface area contributed by atoms with Crippen molar-refractivity contribution in [3.8, 4) is 5.75 Å². The molecule has 0 aliphatic carbocycles. The highest BCUT2D eigenvalue weighted by atomic mass is 16.5. The van der Waals surface area contributed by atoms with Crippen LogP contribution in [0.4, 0.5) is 0 Å². The minimum Gasteiger partial charge on any atom is -0.491 e. The Hall–Kier alpha value is -3.35. The number of rotatable bonds is 4. The van der Waals surface area contributed by atoms with E-state index in [9.17, 15) is 9.59 Å². The zero-order chi connectivity index (χ0) is 27.2. The number of aryl methyl sites for hydroxylation is 1. The van der Waals surface area contributed by atoms with E-state index in [0.717, 1.165) is 49.7 Å². The summed E-state index contributed by atoms with van der Waals surface area (Å²) >= 11 is 0. The van der Waals surface area contributed by atoms with Crippen LogP contribution in [0.5, 0.6) is 5.75 Å². The van der Waals surface area contributed by atoms with Gasteiger partial charge < -0.3 is 19.5 Å². The van der Waals surface area contributed by atoms with Crippen LogP contribution >= 0.6 is 0 Å². The molecule has 0 bridgehead atoms. The third-order valence-corrected chi connectivity index (χ3v) is 8.43. The van der Waals surface area contributed by atoms with Crippen molar-refractivity contribution in [1.29, 1.82) is 0 Å². The quantitative estimate of drug-likeness (QED) is 0.467. The summed E-state index contributed by atoms with van der Waals surface area (Å²) in [5.74, 6) is 1.53. The third-order valence-electron chi connectivity index (χ3n) is 8.43. The second kappa shape index (κ2) is 12.2. The summed E-state index contributed by atoms with van der Waals surface area (Å²) in [5.41, 5.74) is 2.16. The van der Waals surface area contributed by atoms with Crippen LogP contribution in [0.1, 0.15) is 70.1 Å². The predicted molar refractivity (Wildman–Crippen MR) is 151 cm³/mol. The summed E-state index contributed by atoms with van der Waals surface area (Å²) in [7, 11) is 0. The lowest BCUT2D eigenvalue weighted by Crippen LogP contribution is -2.53. The Bertz CT molecular complexity index is 1280. The smallest absolute Gasteiger partial charge is 0.228 e. The Morgan fingerprint density at radius 3 is 2.64 bits per heavy atom. The number of piperidine rings is 1. The molecule has 2 aromatic carbocycles. The Morgan fingerprint density at radius 1 is 1.05 bits per heavy atom. The normalized spacial score (nSPS) is 20.4. The molecule has 39 heavy (non-hydrogen) atoms. The molecule has 1 aromatic heterocycles. The predicted octanol–water partition coefficient (Wildman–Crippen LogP) is 5.71. The molecule has 2 amide bonds. The van der Waals surface area contributed by atoms with E-state index in [1.165, 1.54) is 5.56 Å². The Balaban J connectivity index is 1.27. The fourth-order valence-corrected chi connectivity index (χ4v) is 6.17. The molecule has 1 fully saturated rings. The van der Waals surface area contributed by atoms with Gasteiger partial charge in [-0.25, -0.2) is 0 Å². The zero-order valence-corrected chi connectivity index (χ0v) is 23.3. The van der Waals surface area contributed by atoms with E-state index in [0.29, 0.717) is 49.7 Å². The first-order valence-corrected chi connectivity index (χ1v) is 14.6. The zero-order valence-electron chi connectivity index (χ0n) is 23.3. The molecule has 0 radical (unpaired) electrons. The molecule has 5 rings (SSSR count). The molecule has 7 nitrogen and oxygen atoms in total. The number of carbonyl (C=O) groups is 2. The standard InChI is InChI=1S/C32H41N3O4/c1-23(2)20-25-22-38-28-13-7-5-11-24(28)10-4-3-9-15-32(31(37)33-25)16-18-35(19-17-32)30(36)21-27-26-12-6-8-14-29(26)39-34-27/h5-8,11-14,23,25H,3-4,9-10,15-22H2,1-2H3,(H,33,37)/t25-/m0/s1. The number of carbonyl (C=O) groups excluding carboxylic acids is 2. The lowest BCUT2D eigenvalue weighted by atomic mass is 9.73. The molecule has 7 heteroatoms. The summed E-state index contributed by atoms with van der Waals surface area (Å²) in [5, 5.41) is 8.41. The van der Waals surface area contributed by atoms with Crippen molar-refractivity contribution < 1.29 is 18.8 Å². The minimum atomic E-state index is -0.451. The van der Waals surface area contributed by atoms with Crippen LogP contribution in [0.3, 0.4) is 0 Å². The van der Waals surface area contributed by atoms with Gasteiger partial charge in [-0.2, -0.15) is 0 Å². The van der Waals surface area contributed by atoms with Gasteiger partial charge in [0, 0.05) is 18.5 Å². The number of likely N-dealkylation sites (tertiary alicyclic amines) is 1. The first-order valence-electron chi connectivity index (χ1n) is 14.6. The molecule has 1 atom stereocenters. The van der Waals surface area contributed by atoms with Gasteiger partial charge in [-0.15, -0.1) is 0 Å². The van der Waals surface area contributed by atoms with Crippen molar-refractivity contribution in [1.82, 2.24) is 15.4 Å². The van der Waals surface area contributed by atoms with Crippen molar-refractivity contribution in [2.45, 2.75) is 77.7 Å². The molecule has 0 unspecified atom stereocenters. The highest BCUT2D eigenvalue weighted by Crippen LogP contribution is 2.38. The maximum absolute atomic E-state index is 13.9. The summed E-state index contributed by atoms with van der Waals surface area (Å²) < 4.78 is 11.7. The van der Waals surface area contributed by atoms with Crippen LogP contribution in [-0.2, 0) is 22.4 Å². The molecule has 3 aromatic rings. The van der Waals surface area contributed by atoms with Gasteiger partial charge >= 0.3 is 0 Å². The molecule has 208 valence electrons. The van der Waals surface area contributed by atoms with Crippen molar-refractivity contribution >= 4 is 22.8 Å². The van der Waals surface area contributed by atoms with E-state index in [-0.39, 0.29) is 24.3 Å². The second-order valence-electron chi connectivity index (χ2n) is 11.7. The summed E-state index contributed by atoms with van der Waals surface area (Å²) in [6.07, 6.45) is 7.42. The van der Waals surface area contributed by atoms with Crippen LogP contribution in [0.2, 0.25) is 0 Å². The number of nitrogens with zero attached hydrogens (tertiary/aromatic N) is 2. The number of nitrogens with one attached hydrogen (secondary N) is 1. The number of hydrogen-bond donors (Lipinski definition) is 1. The van der Waals surface area contributed by atoms with E-state index in [2.05, 4.69) is 36.5 Å². The molecule has 0 saturated carbocycles. The highest BCUT2D eigenvalue weighted by Gasteiger charge is 2.42. The average molecular weight is 532 g/mol. The lowest BCUT2D eigenvalue weighted by Gasteiger charge is -2.41. The van der Waals surface area contributed by atoms with Crippen LogP contribution in [0.25, 0.3) is 11.0 Å². The van der Waals surface area contributed by atoms with E-state index < -0.39 is 5.41 Å². The van der Waals surface area contributed by atoms with Crippen molar-refractivity contribution in [2.75, 3.05) is 19.7 Å². The van der Waals surface area contributed by atoms with Crippen molar-refractivity contribution in [3.63, 3.8) is 0 Å². The van der Waals surface area contributed by atoms with Crippen molar-refractivity contribution in [3.05, 3.63) is 59.8 Å². The van der Waals surface area contributed by atoms with Gasteiger partial charge in [0.2, 0.25) is 11.8 Å². The largest absolute Gasteiger partial charge is 0.491 e. The monoisotopic (exact) mass is 531 g/mol. The molecule has 1 N–H and O–H groups in total. The Kier molecular flexibility index (Phi) is 8.53.